The number of aliphatic hydroxyl groups is 2. The second-order valence-electron chi connectivity index (χ2n) is 7.76. The molecule has 0 radical (unpaired) electrons. The van der Waals surface area contributed by atoms with E-state index < -0.39 is 64.8 Å². The number of hydrogen-bond acceptors (Lipinski definition) is 13. The minimum atomic E-state index is -5.91. The number of nitrogens with zero attached hydrogens (tertiary/aromatic N) is 3. The summed E-state index contributed by atoms with van der Waals surface area (Å²) in [6.45, 7) is -0.739. The van der Waals surface area contributed by atoms with E-state index in [1.165, 1.54) is 0 Å². The fourth-order valence-corrected chi connectivity index (χ4v) is 7.29. The van der Waals surface area contributed by atoms with Gasteiger partial charge in [0.25, 0.3) is 5.56 Å². The lowest BCUT2D eigenvalue weighted by Gasteiger charge is -2.33. The number of phosphoric acid groups is 3. The summed E-state index contributed by atoms with van der Waals surface area (Å²) in [6, 6.07) is 0. The average molecular weight is 567 g/mol. The van der Waals surface area contributed by atoms with Crippen LogP contribution >= 0.6 is 23.5 Å². The van der Waals surface area contributed by atoms with E-state index in [9.17, 15) is 42.9 Å². The molecule has 2 aromatic rings. The van der Waals surface area contributed by atoms with Crippen molar-refractivity contribution in [1.82, 2.24) is 19.5 Å². The Labute approximate surface area is 191 Å². The van der Waals surface area contributed by atoms with Crippen molar-refractivity contribution in [3.8, 4) is 0 Å². The van der Waals surface area contributed by atoms with Crippen molar-refractivity contribution < 1.29 is 65.8 Å². The second-order valence-corrected chi connectivity index (χ2v) is 12.1. The minimum absolute atomic E-state index is 0.236. The van der Waals surface area contributed by atoms with Crippen LogP contribution in [0.15, 0.2) is 11.1 Å². The van der Waals surface area contributed by atoms with Gasteiger partial charge < -0.3 is 40.3 Å². The first kappa shape index (κ1) is 26.4. The normalized spacial score (nSPS) is 36.0. The average Bonchev–Trinajstić information content (AvgIpc) is 2.92. The van der Waals surface area contributed by atoms with Gasteiger partial charge >= 0.3 is 23.5 Å². The number of halogens is 1. The monoisotopic (exact) mass is 567 g/mol. The Bertz CT molecular complexity index is 1410. The highest BCUT2D eigenvalue weighted by Crippen LogP contribution is 2.74. The number of aromatic amines is 1. The number of nitrogens with two attached hydrogens (primary N) is 1. The van der Waals surface area contributed by atoms with Gasteiger partial charge in [-0.15, -0.1) is 0 Å². The number of H-pyrrole nitrogens is 1. The molecule has 7 atom stereocenters. The highest BCUT2D eigenvalue weighted by molar-refractivity contribution is 7.66. The van der Waals surface area contributed by atoms with Crippen LogP contribution in [-0.2, 0) is 31.6 Å². The van der Waals surface area contributed by atoms with Crippen molar-refractivity contribution in [3.05, 3.63) is 16.7 Å². The van der Waals surface area contributed by atoms with E-state index >= 15 is 0 Å². The Morgan fingerprint density at radius 2 is 1.86 bits per heavy atom. The molecule has 23 heteroatoms. The molecule has 0 amide bonds. The minimum Gasteiger partial charge on any atom is -0.382 e. The Hall–Kier alpha value is -1.63. The molecule has 2 aromatic heterocycles. The molecule has 3 heterocycles. The second kappa shape index (κ2) is 7.69. The van der Waals surface area contributed by atoms with Gasteiger partial charge in [0.15, 0.2) is 28.6 Å². The smallest absolute Gasteiger partial charge is 0.382 e. The molecule has 1 saturated heterocycles. The summed E-state index contributed by atoms with van der Waals surface area (Å²) >= 11 is 0. The number of fused-ring (bicyclic) bond motifs is 2. The van der Waals surface area contributed by atoms with Crippen molar-refractivity contribution in [3.63, 3.8) is 0 Å². The van der Waals surface area contributed by atoms with E-state index in [4.69, 9.17) is 20.3 Å². The molecule has 9 N–H and O–H groups in total. The van der Waals surface area contributed by atoms with E-state index in [-0.39, 0.29) is 17.1 Å². The van der Waals surface area contributed by atoms with Gasteiger partial charge in [-0.25, -0.2) is 23.1 Å². The van der Waals surface area contributed by atoms with Gasteiger partial charge in [0.1, 0.15) is 18.4 Å². The lowest BCUT2D eigenvalue weighted by atomic mass is 9.94. The van der Waals surface area contributed by atoms with Crippen LogP contribution in [0.2, 0.25) is 0 Å². The molecule has 0 aromatic carbocycles. The van der Waals surface area contributed by atoms with Crippen LogP contribution in [0, 0.1) is 0 Å². The largest absolute Gasteiger partial charge is 0.490 e. The molecule has 4 rings (SSSR count). The fraction of sp³-hybridized carbons (Fsp3) is 0.583. The Kier molecular flexibility index (Phi) is 5.81. The first-order valence-corrected chi connectivity index (χ1v) is 13.6. The number of aromatic nitrogens is 4. The number of phosphoric ester groups is 1. The highest BCUT2D eigenvalue weighted by atomic mass is 31.3. The van der Waals surface area contributed by atoms with Gasteiger partial charge in [0.2, 0.25) is 5.95 Å². The molecule has 2 aliphatic rings. The predicted molar refractivity (Wildman–Crippen MR) is 106 cm³/mol. The van der Waals surface area contributed by atoms with E-state index in [2.05, 4.69) is 28.1 Å². The van der Waals surface area contributed by atoms with Crippen LogP contribution in [0.3, 0.4) is 0 Å². The molecule has 196 valence electrons. The van der Waals surface area contributed by atoms with Crippen LogP contribution in [0.5, 0.6) is 0 Å². The third-order valence-electron chi connectivity index (χ3n) is 5.50. The molecule has 35 heavy (non-hydrogen) atoms. The SMILES string of the molecule is C[C@]1(O)[C@H](n2cnc3c(=O)[nH]c(N)nc32)O[C@]2(CF)C(OP(=O)(O)OP(=O)(O)OP(=O)(O)O)[C@]12O. The summed E-state index contributed by atoms with van der Waals surface area (Å²) in [4.78, 5) is 58.0. The predicted octanol–water partition coefficient (Wildman–Crippen LogP) is -1.85. The van der Waals surface area contributed by atoms with Crippen LogP contribution in [-0.4, -0.2) is 78.9 Å². The summed E-state index contributed by atoms with van der Waals surface area (Å²) in [5.74, 6) is -0.350. The van der Waals surface area contributed by atoms with E-state index in [1.807, 2.05) is 0 Å². The Morgan fingerprint density at radius 3 is 2.40 bits per heavy atom. The molecule has 19 nitrogen and oxygen atoms in total. The topological polar surface area (TPSA) is 299 Å². The van der Waals surface area contributed by atoms with Crippen LogP contribution in [0.1, 0.15) is 13.2 Å². The number of ether oxygens (including phenoxy) is 1. The highest BCUT2D eigenvalue weighted by Gasteiger charge is 2.93. The molecule has 2 fully saturated rings. The summed E-state index contributed by atoms with van der Waals surface area (Å²) in [5, 5.41) is 22.1. The van der Waals surface area contributed by atoms with E-state index in [0.717, 1.165) is 17.8 Å². The maximum atomic E-state index is 14.1. The molecule has 3 unspecified atom stereocenters. The van der Waals surface area contributed by atoms with Gasteiger partial charge in [-0.1, -0.05) is 0 Å². The number of rotatable bonds is 8. The molecule has 1 saturated carbocycles. The van der Waals surface area contributed by atoms with Gasteiger partial charge in [0.05, 0.1) is 6.33 Å². The molecule has 0 spiro atoms. The van der Waals surface area contributed by atoms with Crippen molar-refractivity contribution in [2.75, 3.05) is 12.4 Å². The van der Waals surface area contributed by atoms with E-state index in [1.54, 1.807) is 0 Å². The number of nitrogen functional groups attached to an aromatic ring is 1. The number of anilines is 1. The fourth-order valence-electron chi connectivity index (χ4n) is 4.04. The number of hydrogen-bond donors (Lipinski definition) is 8. The molecule has 1 aliphatic heterocycles. The molecular formula is C12H17FN5O14P3. The van der Waals surface area contributed by atoms with Gasteiger partial charge in [0, 0.05) is 0 Å². The van der Waals surface area contributed by atoms with Crippen molar-refractivity contribution in [2.45, 2.75) is 36.1 Å². The zero-order chi connectivity index (χ0) is 26.4. The molecule has 0 bridgehead atoms. The first-order chi connectivity index (χ1) is 15.8. The van der Waals surface area contributed by atoms with Gasteiger partial charge in [-0.3, -0.25) is 18.9 Å². The van der Waals surface area contributed by atoms with Crippen LogP contribution in [0.4, 0.5) is 10.3 Å². The van der Waals surface area contributed by atoms with Gasteiger partial charge in [-0.05, 0) is 6.92 Å². The molecule has 1 aliphatic carbocycles. The standard InChI is InChI=1S/C12H17FN5O14P3/c1-10(20)8(18-3-15-4-5(18)16-9(14)17-6(4)19)29-11(2-13)7(12(10,11)21)30-34(25,26)32-35(27,28)31-33(22,23)24/h3,7-8,20-21H,2H2,1H3,(H,25,26)(H,27,28)(H2,22,23,24)(H3,14,16,17,19)/t7?,8-,10+,11-,12+/m1/s1. The Morgan fingerprint density at radius 1 is 1.23 bits per heavy atom. The van der Waals surface area contributed by atoms with Crippen LogP contribution < -0.4 is 11.3 Å². The number of alkyl halides is 1. The maximum Gasteiger partial charge on any atom is 0.490 e. The Balaban J connectivity index is 1.65. The van der Waals surface area contributed by atoms with Crippen molar-refractivity contribution in [2.24, 2.45) is 0 Å². The first-order valence-electron chi connectivity index (χ1n) is 9.03. The van der Waals surface area contributed by atoms with Gasteiger partial charge in [-0.2, -0.15) is 13.6 Å². The number of imidazole rings is 1. The lowest BCUT2D eigenvalue weighted by molar-refractivity contribution is -0.163. The summed E-state index contributed by atoms with van der Waals surface area (Å²) in [5.41, 5.74) is -3.70. The zero-order valence-electron chi connectivity index (χ0n) is 17.0. The summed E-state index contributed by atoms with van der Waals surface area (Å²) < 4.78 is 66.6. The number of nitrogens with one attached hydrogen (secondary N) is 1. The third-order valence-corrected chi connectivity index (χ3v) is 9.30. The quantitative estimate of drug-likeness (QED) is 0.162. The zero-order valence-corrected chi connectivity index (χ0v) is 19.7. The van der Waals surface area contributed by atoms with Crippen molar-refractivity contribution >= 4 is 40.6 Å². The summed E-state index contributed by atoms with van der Waals surface area (Å²) in [6.07, 6.45) is -2.97. The maximum absolute atomic E-state index is 14.1. The van der Waals surface area contributed by atoms with Crippen molar-refractivity contribution in [1.29, 1.82) is 0 Å². The lowest BCUT2D eigenvalue weighted by Crippen LogP contribution is -2.49. The van der Waals surface area contributed by atoms with Crippen LogP contribution in [0.25, 0.3) is 11.2 Å². The van der Waals surface area contributed by atoms with E-state index in [0.29, 0.717) is 0 Å². The molecular weight excluding hydrogens is 550 g/mol. The third kappa shape index (κ3) is 4.00. The summed E-state index contributed by atoms with van der Waals surface area (Å²) in [7, 11) is -17.4.